The summed E-state index contributed by atoms with van der Waals surface area (Å²) in [6.07, 6.45) is 0. The molecule has 2 aromatic carbocycles. The highest BCUT2D eigenvalue weighted by Crippen LogP contribution is 2.21. The zero-order chi connectivity index (χ0) is 18.5. The zero-order valence-corrected chi connectivity index (χ0v) is 16.2. The second kappa shape index (κ2) is 8.62. The van der Waals surface area contributed by atoms with Crippen LogP contribution in [0.25, 0.3) is 10.2 Å². The highest BCUT2D eigenvalue weighted by molar-refractivity contribution is 7.99. The molecule has 1 heterocycles. The summed E-state index contributed by atoms with van der Waals surface area (Å²) < 4.78 is 21.9. The summed E-state index contributed by atoms with van der Waals surface area (Å²) in [7, 11) is 1.59. The van der Waals surface area contributed by atoms with Crippen LogP contribution < -0.4 is 4.80 Å². The molecule has 1 amide bonds. The summed E-state index contributed by atoms with van der Waals surface area (Å²) in [5.74, 6) is 0.311. The minimum absolute atomic E-state index is 0.329. The Balaban J connectivity index is 2.02. The molecule has 4 nitrogen and oxygen atoms in total. The molecule has 0 bridgehead atoms. The molecule has 3 rings (SSSR count). The molecule has 0 aliphatic heterocycles. The summed E-state index contributed by atoms with van der Waals surface area (Å²) in [6, 6.07) is 12.3. The van der Waals surface area contributed by atoms with Crippen LogP contribution in [0.5, 0.6) is 0 Å². The first-order valence-corrected chi connectivity index (χ1v) is 10.0. The van der Waals surface area contributed by atoms with E-state index in [4.69, 9.17) is 4.74 Å². The third kappa shape index (κ3) is 4.06. The van der Waals surface area contributed by atoms with E-state index in [1.807, 2.05) is 18.2 Å². The lowest BCUT2D eigenvalue weighted by atomic mass is 10.2. The Morgan fingerprint density at radius 2 is 2.04 bits per heavy atom. The van der Waals surface area contributed by atoms with E-state index in [1.165, 1.54) is 17.4 Å². The molecule has 0 aliphatic carbocycles. The third-order valence-electron chi connectivity index (χ3n) is 3.78. The molecule has 0 saturated carbocycles. The molecule has 0 N–H and O–H groups in total. The number of methoxy groups -OCH3 is 1. The van der Waals surface area contributed by atoms with Gasteiger partial charge in [0.05, 0.1) is 16.8 Å². The number of hydrogen-bond acceptors (Lipinski definition) is 4. The van der Waals surface area contributed by atoms with E-state index in [0.29, 0.717) is 29.0 Å². The van der Waals surface area contributed by atoms with Crippen LogP contribution in [0.3, 0.4) is 0 Å². The first-order chi connectivity index (χ1) is 12.6. The second-order valence-corrected chi connectivity index (χ2v) is 7.84. The van der Waals surface area contributed by atoms with Gasteiger partial charge in [-0.15, -0.1) is 11.8 Å². The highest BCUT2D eigenvalue weighted by Gasteiger charge is 2.12. The molecule has 0 atom stereocenters. The Labute approximate surface area is 159 Å². The van der Waals surface area contributed by atoms with Crippen LogP contribution in [0, 0.1) is 5.82 Å². The van der Waals surface area contributed by atoms with E-state index in [1.54, 1.807) is 41.6 Å². The summed E-state index contributed by atoms with van der Waals surface area (Å²) in [6.45, 7) is 2.92. The molecule has 3 aromatic rings. The minimum Gasteiger partial charge on any atom is -0.383 e. The molecule has 0 spiro atoms. The lowest BCUT2D eigenvalue weighted by molar-refractivity contribution is 0.0997. The van der Waals surface area contributed by atoms with Crippen molar-refractivity contribution in [3.05, 3.63) is 58.6 Å². The Bertz CT molecular complexity index is 977. The smallest absolute Gasteiger partial charge is 0.279 e. The predicted molar refractivity (Wildman–Crippen MR) is 104 cm³/mol. The van der Waals surface area contributed by atoms with E-state index in [9.17, 15) is 9.18 Å². The van der Waals surface area contributed by atoms with Crippen LogP contribution in [0.2, 0.25) is 0 Å². The number of benzene rings is 2. The SMILES string of the molecule is CCSc1ccc(C(=O)N=c2sc3cccc(F)c3n2CCOC)cc1. The van der Waals surface area contributed by atoms with Crippen molar-refractivity contribution in [3.63, 3.8) is 0 Å². The number of rotatable bonds is 6. The van der Waals surface area contributed by atoms with E-state index in [2.05, 4.69) is 11.9 Å². The van der Waals surface area contributed by atoms with Crippen molar-refractivity contribution in [2.75, 3.05) is 19.5 Å². The van der Waals surface area contributed by atoms with E-state index >= 15 is 0 Å². The number of carbonyl (C=O) groups is 1. The number of hydrogen-bond donors (Lipinski definition) is 0. The average Bonchev–Trinajstić information content (AvgIpc) is 2.99. The van der Waals surface area contributed by atoms with E-state index < -0.39 is 0 Å². The van der Waals surface area contributed by atoms with Crippen LogP contribution in [-0.2, 0) is 11.3 Å². The van der Waals surface area contributed by atoms with Gasteiger partial charge >= 0.3 is 0 Å². The fourth-order valence-corrected chi connectivity index (χ4v) is 4.30. The van der Waals surface area contributed by atoms with Gasteiger partial charge in [0.1, 0.15) is 5.82 Å². The van der Waals surface area contributed by atoms with Crippen LogP contribution in [0.4, 0.5) is 4.39 Å². The number of ether oxygens (including phenoxy) is 1. The molecule has 0 aliphatic rings. The summed E-state index contributed by atoms with van der Waals surface area (Å²) in [5, 5.41) is 0. The molecule has 1 aromatic heterocycles. The van der Waals surface area contributed by atoms with Crippen molar-refractivity contribution in [2.45, 2.75) is 18.4 Å². The molecular weight excluding hydrogens is 371 g/mol. The molecule has 0 saturated heterocycles. The predicted octanol–water partition coefficient (Wildman–Crippen LogP) is 4.34. The number of nitrogens with zero attached hydrogens (tertiary/aromatic N) is 2. The number of aromatic nitrogens is 1. The topological polar surface area (TPSA) is 43.6 Å². The number of halogens is 1. The van der Waals surface area contributed by atoms with Crippen LogP contribution in [0.1, 0.15) is 17.3 Å². The molecule has 0 radical (unpaired) electrons. The first-order valence-electron chi connectivity index (χ1n) is 8.22. The fraction of sp³-hybridized carbons (Fsp3) is 0.263. The summed E-state index contributed by atoms with van der Waals surface area (Å²) >= 11 is 3.01. The fourth-order valence-electron chi connectivity index (χ4n) is 2.57. The number of thiazole rings is 1. The monoisotopic (exact) mass is 390 g/mol. The first kappa shape index (κ1) is 18.8. The second-order valence-electron chi connectivity index (χ2n) is 5.49. The number of fused-ring (bicyclic) bond motifs is 1. The standard InChI is InChI=1S/C19H19FN2O2S2/c1-3-25-14-9-7-13(8-10-14)18(23)21-19-22(11-12-24-2)17-15(20)5-4-6-16(17)26-19/h4-10H,3,11-12H2,1-2H3. The van der Waals surface area contributed by atoms with Crippen LogP contribution in [0.15, 0.2) is 52.4 Å². The summed E-state index contributed by atoms with van der Waals surface area (Å²) in [4.78, 5) is 18.4. The number of amides is 1. The molecule has 26 heavy (non-hydrogen) atoms. The maximum absolute atomic E-state index is 14.3. The molecule has 0 unspecified atom stereocenters. The quantitative estimate of drug-likeness (QED) is 0.588. The van der Waals surface area contributed by atoms with Gasteiger partial charge in [0.15, 0.2) is 4.80 Å². The molecule has 136 valence electrons. The maximum Gasteiger partial charge on any atom is 0.279 e. The van der Waals surface area contributed by atoms with Gasteiger partial charge in [-0.25, -0.2) is 4.39 Å². The van der Waals surface area contributed by atoms with Crippen molar-refractivity contribution in [3.8, 4) is 0 Å². The van der Waals surface area contributed by atoms with Gasteiger partial charge in [-0.2, -0.15) is 4.99 Å². The molecule has 7 heteroatoms. The third-order valence-corrected chi connectivity index (χ3v) is 5.72. The number of carbonyl (C=O) groups excluding carboxylic acids is 1. The van der Waals surface area contributed by atoms with Gasteiger partial charge in [0, 0.05) is 24.1 Å². The maximum atomic E-state index is 14.3. The van der Waals surface area contributed by atoms with Crippen LogP contribution in [-0.4, -0.2) is 29.9 Å². The Kier molecular flexibility index (Phi) is 6.24. The largest absolute Gasteiger partial charge is 0.383 e. The van der Waals surface area contributed by atoms with Crippen molar-refractivity contribution < 1.29 is 13.9 Å². The lowest BCUT2D eigenvalue weighted by Gasteiger charge is -2.05. The normalized spacial score (nSPS) is 12.0. The van der Waals surface area contributed by atoms with Crippen molar-refractivity contribution in [2.24, 2.45) is 4.99 Å². The molecule has 0 fully saturated rings. The van der Waals surface area contributed by atoms with Crippen molar-refractivity contribution in [1.82, 2.24) is 4.57 Å². The van der Waals surface area contributed by atoms with Crippen molar-refractivity contribution >= 4 is 39.2 Å². The van der Waals surface area contributed by atoms with Gasteiger partial charge in [-0.1, -0.05) is 24.3 Å². The Morgan fingerprint density at radius 1 is 1.27 bits per heavy atom. The van der Waals surface area contributed by atoms with Gasteiger partial charge in [-0.05, 0) is 42.2 Å². The van der Waals surface area contributed by atoms with E-state index in [-0.39, 0.29) is 11.7 Å². The Hall–Kier alpha value is -1.96. The number of para-hydroxylation sites is 1. The van der Waals surface area contributed by atoms with Gasteiger partial charge < -0.3 is 9.30 Å². The van der Waals surface area contributed by atoms with Crippen LogP contribution >= 0.6 is 23.1 Å². The zero-order valence-electron chi connectivity index (χ0n) is 14.6. The van der Waals surface area contributed by atoms with Crippen molar-refractivity contribution in [1.29, 1.82) is 0 Å². The number of thioether (sulfide) groups is 1. The minimum atomic E-state index is -0.337. The molecular formula is C19H19FN2O2S2. The Morgan fingerprint density at radius 3 is 2.73 bits per heavy atom. The van der Waals surface area contributed by atoms with Gasteiger partial charge in [-0.3, -0.25) is 4.79 Å². The van der Waals surface area contributed by atoms with Gasteiger partial charge in [0.25, 0.3) is 5.91 Å². The van der Waals surface area contributed by atoms with E-state index in [0.717, 1.165) is 15.3 Å². The van der Waals surface area contributed by atoms with Gasteiger partial charge in [0.2, 0.25) is 0 Å². The highest BCUT2D eigenvalue weighted by atomic mass is 32.2. The lowest BCUT2D eigenvalue weighted by Crippen LogP contribution is -2.19. The summed E-state index contributed by atoms with van der Waals surface area (Å²) in [5.41, 5.74) is 0.970. The average molecular weight is 391 g/mol.